The highest BCUT2D eigenvalue weighted by Gasteiger charge is 2.29. The van der Waals surface area contributed by atoms with Crippen molar-refractivity contribution in [3.05, 3.63) is 54.0 Å². The molecule has 2 aromatic rings. The van der Waals surface area contributed by atoms with Crippen molar-refractivity contribution in [1.29, 1.82) is 0 Å². The van der Waals surface area contributed by atoms with Crippen LogP contribution in [0.4, 0.5) is 0 Å². The topological polar surface area (TPSA) is 71.8 Å². The fourth-order valence-electron chi connectivity index (χ4n) is 3.61. The van der Waals surface area contributed by atoms with Crippen LogP contribution in [-0.2, 0) is 11.2 Å². The van der Waals surface area contributed by atoms with Gasteiger partial charge in [0.15, 0.2) is 0 Å². The van der Waals surface area contributed by atoms with Gasteiger partial charge in [-0.15, -0.1) is 0 Å². The second-order valence-corrected chi connectivity index (χ2v) is 6.91. The Morgan fingerprint density at radius 1 is 1.12 bits per heavy atom. The monoisotopic (exact) mass is 354 g/mol. The SMILES string of the molecule is O=C(NC1CCN(C(=O)c2ccoc2)CC1)C1COc2ccccc2C1. The van der Waals surface area contributed by atoms with Gasteiger partial charge in [0.2, 0.25) is 5.91 Å². The number of carbonyl (C=O) groups excluding carboxylic acids is 2. The molecular formula is C20H22N2O4. The maximum Gasteiger partial charge on any atom is 0.257 e. The van der Waals surface area contributed by atoms with Gasteiger partial charge >= 0.3 is 0 Å². The quantitative estimate of drug-likeness (QED) is 0.918. The van der Waals surface area contributed by atoms with Crippen LogP contribution in [0.25, 0.3) is 0 Å². The van der Waals surface area contributed by atoms with E-state index in [2.05, 4.69) is 5.32 Å². The Hall–Kier alpha value is -2.76. The second-order valence-electron chi connectivity index (χ2n) is 6.91. The number of nitrogens with zero attached hydrogens (tertiary/aromatic N) is 1. The summed E-state index contributed by atoms with van der Waals surface area (Å²) in [4.78, 5) is 26.7. The van der Waals surface area contributed by atoms with Crippen LogP contribution >= 0.6 is 0 Å². The molecule has 1 atom stereocenters. The minimum absolute atomic E-state index is 0.0131. The van der Waals surface area contributed by atoms with Crippen LogP contribution in [0, 0.1) is 5.92 Å². The Bertz CT molecular complexity index is 779. The number of hydrogen-bond donors (Lipinski definition) is 1. The summed E-state index contributed by atoms with van der Waals surface area (Å²) < 4.78 is 10.7. The molecular weight excluding hydrogens is 332 g/mol. The van der Waals surface area contributed by atoms with Gasteiger partial charge in [0.1, 0.15) is 18.6 Å². The fourth-order valence-corrected chi connectivity index (χ4v) is 3.61. The molecule has 136 valence electrons. The van der Waals surface area contributed by atoms with Gasteiger partial charge < -0.3 is 19.4 Å². The summed E-state index contributed by atoms with van der Waals surface area (Å²) in [7, 11) is 0. The molecule has 1 aromatic carbocycles. The van der Waals surface area contributed by atoms with Crippen molar-refractivity contribution >= 4 is 11.8 Å². The van der Waals surface area contributed by atoms with Crippen LogP contribution in [0.1, 0.15) is 28.8 Å². The number of para-hydroxylation sites is 1. The van der Waals surface area contributed by atoms with Crippen molar-refractivity contribution in [2.75, 3.05) is 19.7 Å². The molecule has 2 aliphatic rings. The number of hydrogen-bond acceptors (Lipinski definition) is 4. The largest absolute Gasteiger partial charge is 0.492 e. The van der Waals surface area contributed by atoms with E-state index >= 15 is 0 Å². The molecule has 1 aromatic heterocycles. The smallest absolute Gasteiger partial charge is 0.257 e. The summed E-state index contributed by atoms with van der Waals surface area (Å²) in [5.41, 5.74) is 1.66. The summed E-state index contributed by atoms with van der Waals surface area (Å²) in [6.07, 6.45) is 5.21. The average Bonchev–Trinajstić information content (AvgIpc) is 3.22. The Kier molecular flexibility index (Phi) is 4.65. The molecule has 0 saturated carbocycles. The number of likely N-dealkylation sites (tertiary alicyclic amines) is 1. The zero-order chi connectivity index (χ0) is 17.9. The van der Waals surface area contributed by atoms with E-state index < -0.39 is 0 Å². The van der Waals surface area contributed by atoms with E-state index in [1.807, 2.05) is 29.2 Å². The van der Waals surface area contributed by atoms with E-state index in [1.54, 1.807) is 6.07 Å². The Balaban J connectivity index is 1.28. The summed E-state index contributed by atoms with van der Waals surface area (Å²) in [5.74, 6) is 0.748. The normalized spacial score (nSPS) is 20.2. The lowest BCUT2D eigenvalue weighted by Gasteiger charge is -2.33. The highest BCUT2D eigenvalue weighted by molar-refractivity contribution is 5.93. The van der Waals surface area contributed by atoms with Crippen LogP contribution in [0.2, 0.25) is 0 Å². The lowest BCUT2D eigenvalue weighted by atomic mass is 9.95. The minimum atomic E-state index is -0.157. The van der Waals surface area contributed by atoms with Crippen molar-refractivity contribution in [2.45, 2.75) is 25.3 Å². The first-order valence-electron chi connectivity index (χ1n) is 9.03. The Morgan fingerprint density at radius 2 is 1.92 bits per heavy atom. The van der Waals surface area contributed by atoms with E-state index in [0.29, 0.717) is 31.7 Å². The van der Waals surface area contributed by atoms with Crippen molar-refractivity contribution in [2.24, 2.45) is 5.92 Å². The number of carbonyl (C=O) groups is 2. The third-order valence-electron chi connectivity index (χ3n) is 5.15. The molecule has 3 heterocycles. The molecule has 1 unspecified atom stereocenters. The Labute approximate surface area is 152 Å². The van der Waals surface area contributed by atoms with Gasteiger partial charge in [0, 0.05) is 19.1 Å². The van der Waals surface area contributed by atoms with E-state index in [-0.39, 0.29) is 23.8 Å². The molecule has 1 fully saturated rings. The van der Waals surface area contributed by atoms with Gasteiger partial charge in [-0.1, -0.05) is 18.2 Å². The van der Waals surface area contributed by atoms with E-state index in [0.717, 1.165) is 24.2 Å². The lowest BCUT2D eigenvalue weighted by Crippen LogP contribution is -2.49. The zero-order valence-corrected chi connectivity index (χ0v) is 14.5. The highest BCUT2D eigenvalue weighted by Crippen LogP contribution is 2.27. The predicted molar refractivity (Wildman–Crippen MR) is 94.9 cm³/mol. The molecule has 2 amide bonds. The van der Waals surface area contributed by atoms with Crippen molar-refractivity contribution < 1.29 is 18.7 Å². The second kappa shape index (κ2) is 7.23. The maximum absolute atomic E-state index is 12.6. The van der Waals surface area contributed by atoms with Crippen molar-refractivity contribution in [3.63, 3.8) is 0 Å². The molecule has 6 heteroatoms. The molecule has 1 N–H and O–H groups in total. The van der Waals surface area contributed by atoms with Crippen LogP contribution < -0.4 is 10.1 Å². The molecule has 2 aliphatic heterocycles. The molecule has 0 radical (unpaired) electrons. The van der Waals surface area contributed by atoms with Crippen LogP contribution in [0.15, 0.2) is 47.3 Å². The number of fused-ring (bicyclic) bond motifs is 1. The number of amides is 2. The fraction of sp³-hybridized carbons (Fsp3) is 0.400. The predicted octanol–water partition coefficient (Wildman–Crippen LogP) is 2.25. The van der Waals surface area contributed by atoms with E-state index in [4.69, 9.17) is 9.15 Å². The van der Waals surface area contributed by atoms with Crippen LogP contribution in [0.3, 0.4) is 0 Å². The summed E-state index contributed by atoms with van der Waals surface area (Å²) in [6, 6.07) is 9.64. The first kappa shape index (κ1) is 16.7. The molecule has 4 rings (SSSR count). The third-order valence-corrected chi connectivity index (χ3v) is 5.15. The first-order valence-corrected chi connectivity index (χ1v) is 9.03. The number of piperidine rings is 1. The average molecular weight is 354 g/mol. The number of nitrogens with one attached hydrogen (secondary N) is 1. The third kappa shape index (κ3) is 3.45. The molecule has 0 bridgehead atoms. The molecule has 0 aliphatic carbocycles. The van der Waals surface area contributed by atoms with Gasteiger partial charge in [0.25, 0.3) is 5.91 Å². The maximum atomic E-state index is 12.6. The van der Waals surface area contributed by atoms with E-state index in [1.165, 1.54) is 12.5 Å². The number of rotatable bonds is 3. The van der Waals surface area contributed by atoms with Gasteiger partial charge in [0.05, 0.1) is 17.7 Å². The summed E-state index contributed by atoms with van der Waals surface area (Å²) >= 11 is 0. The van der Waals surface area contributed by atoms with Crippen LogP contribution in [-0.4, -0.2) is 42.5 Å². The van der Waals surface area contributed by atoms with Crippen LogP contribution in [0.5, 0.6) is 5.75 Å². The number of benzene rings is 1. The molecule has 6 nitrogen and oxygen atoms in total. The van der Waals surface area contributed by atoms with E-state index in [9.17, 15) is 9.59 Å². The molecule has 0 spiro atoms. The minimum Gasteiger partial charge on any atom is -0.492 e. The standard InChI is InChI=1S/C20H22N2O4/c23-19(16-11-14-3-1-2-4-18(14)26-13-16)21-17-5-8-22(9-6-17)20(24)15-7-10-25-12-15/h1-4,7,10,12,16-17H,5-6,8-9,11,13H2,(H,21,23). The number of ether oxygens (including phenoxy) is 1. The Morgan fingerprint density at radius 3 is 2.69 bits per heavy atom. The lowest BCUT2D eigenvalue weighted by molar-refractivity contribution is -0.127. The number of furan rings is 1. The van der Waals surface area contributed by atoms with Crippen molar-refractivity contribution in [1.82, 2.24) is 10.2 Å². The van der Waals surface area contributed by atoms with Gasteiger partial charge in [-0.3, -0.25) is 9.59 Å². The summed E-state index contributed by atoms with van der Waals surface area (Å²) in [6.45, 7) is 1.69. The zero-order valence-electron chi connectivity index (χ0n) is 14.5. The summed E-state index contributed by atoms with van der Waals surface area (Å²) in [5, 5.41) is 3.14. The van der Waals surface area contributed by atoms with Gasteiger partial charge in [-0.25, -0.2) is 0 Å². The first-order chi connectivity index (χ1) is 12.7. The highest BCUT2D eigenvalue weighted by atomic mass is 16.5. The molecule has 26 heavy (non-hydrogen) atoms. The van der Waals surface area contributed by atoms with Gasteiger partial charge in [-0.2, -0.15) is 0 Å². The molecule has 1 saturated heterocycles. The van der Waals surface area contributed by atoms with Gasteiger partial charge in [-0.05, 0) is 37.0 Å². The van der Waals surface area contributed by atoms with Crippen molar-refractivity contribution in [3.8, 4) is 5.75 Å².